The van der Waals surface area contributed by atoms with E-state index < -0.39 is 0 Å². The lowest BCUT2D eigenvalue weighted by Crippen LogP contribution is -2.77. The number of carbonyl (C=O) groups excluding carboxylic acids is 1. The lowest BCUT2D eigenvalue weighted by atomic mass is 9.42. The summed E-state index contributed by atoms with van der Waals surface area (Å²) >= 11 is 0. The second-order valence-corrected chi connectivity index (χ2v) is 13.4. The van der Waals surface area contributed by atoms with Gasteiger partial charge in [-0.05, 0) is 94.5 Å². The Bertz CT molecular complexity index is 788. The fourth-order valence-electron chi connectivity index (χ4n) is 10.6. The highest BCUT2D eigenvalue weighted by atomic mass is 16.5. The van der Waals surface area contributed by atoms with Crippen molar-refractivity contribution in [1.82, 2.24) is 4.90 Å². The first-order chi connectivity index (χ1) is 17.0. The van der Waals surface area contributed by atoms with E-state index in [1.807, 2.05) is 14.2 Å². The molecule has 5 aliphatic carbocycles. The lowest BCUT2D eigenvalue weighted by Gasteiger charge is -2.70. The number of ketones is 1. The third-order valence-corrected chi connectivity index (χ3v) is 12.1. The van der Waals surface area contributed by atoms with E-state index in [-0.39, 0.29) is 23.2 Å². The average molecular weight is 488 g/mol. The first-order valence-corrected chi connectivity index (χ1v) is 14.9. The fourth-order valence-corrected chi connectivity index (χ4v) is 10.6. The molecule has 0 radical (unpaired) electrons. The van der Waals surface area contributed by atoms with E-state index in [9.17, 15) is 4.79 Å². The molecule has 1 aliphatic heterocycles. The summed E-state index contributed by atoms with van der Waals surface area (Å²) < 4.78 is 19.6. The number of carbonyl (C=O) groups is 1. The number of likely N-dealkylation sites (N-methyl/N-ethyl adjacent to an activating group) is 1. The molecule has 0 aromatic rings. The van der Waals surface area contributed by atoms with Crippen LogP contribution in [0.4, 0.5) is 0 Å². The fraction of sp³-hybridized carbons (Fsp3) is 0.967. The van der Waals surface area contributed by atoms with Gasteiger partial charge in [0, 0.05) is 38.5 Å². The van der Waals surface area contributed by atoms with Gasteiger partial charge in [0.2, 0.25) is 0 Å². The summed E-state index contributed by atoms with van der Waals surface area (Å²) in [4.78, 5) is 15.8. The van der Waals surface area contributed by atoms with Crippen molar-refractivity contribution in [2.75, 3.05) is 34.4 Å². The molecule has 8 unspecified atom stereocenters. The standard InChI is InChI=1S/C30H49NO4/c1-31-15-14-29-18-24(32)12-13-30(29,35-19-20-8-9-21-6-4-5-7-22(21)16-20)26(31)17-23-10-11-25(33-2)28(34-3)27(23)29/h20-23,25-28H,4-19H2,1-3H3/t20?,21?,22?,23?,25?,26?,27?,28?,29-,30-/m1/s1. The summed E-state index contributed by atoms with van der Waals surface area (Å²) in [5, 5.41) is 0. The van der Waals surface area contributed by atoms with Crippen LogP contribution in [-0.2, 0) is 19.0 Å². The Morgan fingerprint density at radius 1 is 0.914 bits per heavy atom. The Kier molecular flexibility index (Phi) is 6.86. The number of hydrogen-bond donors (Lipinski definition) is 0. The maximum absolute atomic E-state index is 13.2. The van der Waals surface area contributed by atoms with E-state index in [0.29, 0.717) is 42.4 Å². The summed E-state index contributed by atoms with van der Waals surface area (Å²) in [6.45, 7) is 1.96. The van der Waals surface area contributed by atoms with Gasteiger partial charge < -0.3 is 19.1 Å². The number of nitrogens with zero attached hydrogens (tertiary/aromatic N) is 1. The second kappa shape index (κ2) is 9.67. The maximum atomic E-state index is 13.2. The minimum Gasteiger partial charge on any atom is -0.379 e. The van der Waals surface area contributed by atoms with Gasteiger partial charge in [0.05, 0.1) is 24.4 Å². The van der Waals surface area contributed by atoms with Crippen LogP contribution >= 0.6 is 0 Å². The minimum absolute atomic E-state index is 0.0645. The van der Waals surface area contributed by atoms with Crippen molar-refractivity contribution in [2.24, 2.45) is 35.0 Å². The van der Waals surface area contributed by atoms with Crippen LogP contribution in [0.15, 0.2) is 0 Å². The number of methoxy groups -OCH3 is 2. The Hall–Kier alpha value is -0.490. The van der Waals surface area contributed by atoms with Crippen LogP contribution in [0.5, 0.6) is 0 Å². The summed E-state index contributed by atoms with van der Waals surface area (Å²) in [6, 6.07) is 0.424. The predicted octanol–water partition coefficient (Wildman–Crippen LogP) is 5.25. The topological polar surface area (TPSA) is 48.0 Å². The smallest absolute Gasteiger partial charge is 0.133 e. The van der Waals surface area contributed by atoms with E-state index in [0.717, 1.165) is 44.2 Å². The number of fused-ring (bicyclic) bond motifs is 2. The average Bonchev–Trinajstić information content (AvgIpc) is 2.88. The van der Waals surface area contributed by atoms with Gasteiger partial charge in [-0.2, -0.15) is 0 Å². The molecule has 5 nitrogen and oxygen atoms in total. The number of Topliss-reactive ketones (excluding diaryl/α,β-unsaturated/α-hetero) is 1. The summed E-state index contributed by atoms with van der Waals surface area (Å²) in [5.41, 5.74) is -0.326. The second-order valence-electron chi connectivity index (χ2n) is 13.4. The maximum Gasteiger partial charge on any atom is 0.133 e. The number of ether oxygens (including phenoxy) is 3. The Morgan fingerprint density at radius 3 is 2.51 bits per heavy atom. The van der Waals surface area contributed by atoms with Crippen molar-refractivity contribution in [3.05, 3.63) is 0 Å². The molecule has 10 atom stereocenters. The zero-order valence-electron chi connectivity index (χ0n) is 22.5. The van der Waals surface area contributed by atoms with Gasteiger partial charge in [-0.3, -0.25) is 4.79 Å². The Balaban J connectivity index is 1.32. The van der Waals surface area contributed by atoms with E-state index in [4.69, 9.17) is 14.2 Å². The highest BCUT2D eigenvalue weighted by molar-refractivity contribution is 5.81. The van der Waals surface area contributed by atoms with Crippen molar-refractivity contribution >= 4 is 5.78 Å². The van der Waals surface area contributed by atoms with Crippen molar-refractivity contribution in [1.29, 1.82) is 0 Å². The van der Waals surface area contributed by atoms with E-state index in [1.54, 1.807) is 0 Å². The van der Waals surface area contributed by atoms with Crippen molar-refractivity contribution in [3.8, 4) is 0 Å². The molecule has 2 bridgehead atoms. The van der Waals surface area contributed by atoms with Crippen LogP contribution in [0.25, 0.3) is 0 Å². The van der Waals surface area contributed by atoms with Crippen molar-refractivity contribution in [3.63, 3.8) is 0 Å². The van der Waals surface area contributed by atoms with Crippen LogP contribution in [-0.4, -0.2) is 69.0 Å². The van der Waals surface area contributed by atoms with Gasteiger partial charge in [0.1, 0.15) is 5.78 Å². The summed E-state index contributed by atoms with van der Waals surface area (Å²) in [6.07, 6.45) is 16.8. The highest BCUT2D eigenvalue weighted by Gasteiger charge is 2.71. The lowest BCUT2D eigenvalue weighted by molar-refractivity contribution is -0.297. The van der Waals surface area contributed by atoms with Crippen LogP contribution in [0.3, 0.4) is 0 Å². The van der Waals surface area contributed by atoms with Gasteiger partial charge in [0.25, 0.3) is 0 Å². The molecule has 1 heterocycles. The summed E-state index contributed by atoms with van der Waals surface area (Å²) in [5.74, 6) is 4.01. The molecule has 1 saturated heterocycles. The Labute approximate surface area is 213 Å². The van der Waals surface area contributed by atoms with E-state index in [1.165, 1.54) is 57.8 Å². The molecule has 0 aromatic carbocycles. The number of likely N-dealkylation sites (tertiary alicyclic amines) is 1. The zero-order valence-corrected chi connectivity index (χ0v) is 22.5. The molecule has 35 heavy (non-hydrogen) atoms. The van der Waals surface area contributed by atoms with Crippen LogP contribution in [0.1, 0.15) is 89.9 Å². The molecular formula is C30H49NO4. The number of hydrogen-bond acceptors (Lipinski definition) is 5. The number of piperidine rings is 1. The molecule has 0 spiro atoms. The molecule has 6 aliphatic rings. The van der Waals surface area contributed by atoms with Gasteiger partial charge >= 0.3 is 0 Å². The Morgan fingerprint density at radius 2 is 1.71 bits per heavy atom. The van der Waals surface area contributed by atoms with E-state index >= 15 is 0 Å². The van der Waals surface area contributed by atoms with Crippen LogP contribution < -0.4 is 0 Å². The van der Waals surface area contributed by atoms with Crippen LogP contribution in [0, 0.1) is 35.0 Å². The number of rotatable bonds is 5. The molecule has 5 saturated carbocycles. The third kappa shape index (κ3) is 3.89. The first kappa shape index (κ1) is 24.8. The molecule has 0 N–H and O–H groups in total. The SMILES string of the molecule is COC1CCC2CC3N(C)CC[C@@]4(CC(=O)CC[C@@]34OCC3CCC4CCCCC4C3)C2C1OC. The highest BCUT2D eigenvalue weighted by Crippen LogP contribution is 2.66. The predicted molar refractivity (Wildman–Crippen MR) is 136 cm³/mol. The van der Waals surface area contributed by atoms with E-state index in [2.05, 4.69) is 11.9 Å². The molecular weight excluding hydrogens is 438 g/mol. The summed E-state index contributed by atoms with van der Waals surface area (Å²) in [7, 11) is 6.02. The van der Waals surface area contributed by atoms with Gasteiger partial charge in [0.15, 0.2) is 0 Å². The first-order valence-electron chi connectivity index (χ1n) is 14.9. The quantitative estimate of drug-likeness (QED) is 0.530. The molecule has 6 fully saturated rings. The normalized spacial score (nSPS) is 50.2. The molecule has 198 valence electrons. The molecule has 0 amide bonds. The van der Waals surface area contributed by atoms with Gasteiger partial charge in [-0.1, -0.05) is 25.7 Å². The van der Waals surface area contributed by atoms with Crippen molar-refractivity contribution in [2.45, 2.75) is 114 Å². The van der Waals surface area contributed by atoms with Crippen molar-refractivity contribution < 1.29 is 19.0 Å². The van der Waals surface area contributed by atoms with Gasteiger partial charge in [-0.25, -0.2) is 0 Å². The zero-order chi connectivity index (χ0) is 24.2. The monoisotopic (exact) mass is 487 g/mol. The molecule has 5 heteroatoms. The van der Waals surface area contributed by atoms with Gasteiger partial charge in [-0.15, -0.1) is 0 Å². The third-order valence-electron chi connectivity index (χ3n) is 12.1. The largest absolute Gasteiger partial charge is 0.379 e. The minimum atomic E-state index is -0.217. The van der Waals surface area contributed by atoms with Crippen LogP contribution in [0.2, 0.25) is 0 Å². The molecule has 0 aromatic heterocycles. The molecule has 6 rings (SSSR count).